The monoisotopic (exact) mass is 315 g/mol. The predicted octanol–water partition coefficient (Wildman–Crippen LogP) is 0.857. The minimum Gasteiger partial charge on any atom is -0.377 e. The normalized spacial score (nSPS) is 20.1. The molecule has 9 heteroatoms. The number of ether oxygens (including phenoxy) is 1. The third-order valence-corrected chi connectivity index (χ3v) is 4.18. The number of nitrogens with two attached hydrogens (primary N) is 1. The van der Waals surface area contributed by atoms with Gasteiger partial charge in [0.2, 0.25) is 10.0 Å². The molecule has 1 aliphatic heterocycles. The molecule has 1 aromatic carbocycles. The van der Waals surface area contributed by atoms with Gasteiger partial charge >= 0.3 is 0 Å². The fourth-order valence-corrected chi connectivity index (χ4v) is 2.84. The standard InChI is InChI=1S/C12H17N3O5S/c1-9-8-14(5-2-6-20-9)11-4-3-10(21(13,18)19)7-12(11)15(16)17/h3-4,7,9H,2,5-6,8H2,1H3,(H2,13,18,19). The summed E-state index contributed by atoms with van der Waals surface area (Å²) in [7, 11) is -3.97. The molecule has 0 aromatic heterocycles. The molecular weight excluding hydrogens is 298 g/mol. The summed E-state index contributed by atoms with van der Waals surface area (Å²) in [6, 6.07) is 3.71. The number of nitrogens with zero attached hydrogens (tertiary/aromatic N) is 2. The minimum absolute atomic E-state index is 0.0509. The first-order valence-electron chi connectivity index (χ1n) is 6.47. The number of sulfonamides is 1. The minimum atomic E-state index is -3.97. The van der Waals surface area contributed by atoms with Crippen molar-refractivity contribution < 1.29 is 18.1 Å². The molecule has 1 saturated heterocycles. The van der Waals surface area contributed by atoms with E-state index in [1.165, 1.54) is 12.1 Å². The van der Waals surface area contributed by atoms with Crippen LogP contribution in [0.3, 0.4) is 0 Å². The van der Waals surface area contributed by atoms with Crippen LogP contribution < -0.4 is 10.0 Å². The van der Waals surface area contributed by atoms with Crippen molar-refractivity contribution in [2.24, 2.45) is 5.14 Å². The van der Waals surface area contributed by atoms with Gasteiger partial charge in [0.15, 0.2) is 0 Å². The molecule has 1 unspecified atom stereocenters. The third-order valence-electron chi connectivity index (χ3n) is 3.27. The molecule has 21 heavy (non-hydrogen) atoms. The first-order chi connectivity index (χ1) is 9.79. The molecule has 0 saturated carbocycles. The average molecular weight is 315 g/mol. The summed E-state index contributed by atoms with van der Waals surface area (Å²) in [6.45, 7) is 3.61. The van der Waals surface area contributed by atoms with E-state index < -0.39 is 14.9 Å². The van der Waals surface area contributed by atoms with E-state index in [0.29, 0.717) is 25.4 Å². The van der Waals surface area contributed by atoms with Gasteiger partial charge in [-0.3, -0.25) is 10.1 Å². The van der Waals surface area contributed by atoms with Crippen molar-refractivity contribution >= 4 is 21.4 Å². The summed E-state index contributed by atoms with van der Waals surface area (Å²) in [5, 5.41) is 16.2. The van der Waals surface area contributed by atoms with Crippen LogP contribution >= 0.6 is 0 Å². The maximum absolute atomic E-state index is 11.3. The van der Waals surface area contributed by atoms with Crippen LogP contribution in [0.15, 0.2) is 23.1 Å². The Morgan fingerprint density at radius 2 is 2.19 bits per heavy atom. The molecule has 116 valence electrons. The van der Waals surface area contributed by atoms with Crippen molar-refractivity contribution in [2.75, 3.05) is 24.6 Å². The number of anilines is 1. The summed E-state index contributed by atoms with van der Waals surface area (Å²) in [5.41, 5.74) is 0.111. The number of hydrogen-bond acceptors (Lipinski definition) is 6. The Morgan fingerprint density at radius 3 is 2.81 bits per heavy atom. The van der Waals surface area contributed by atoms with Gasteiger partial charge in [-0.15, -0.1) is 0 Å². The molecule has 1 aromatic rings. The van der Waals surface area contributed by atoms with Crippen LogP contribution in [0.1, 0.15) is 13.3 Å². The summed E-state index contributed by atoms with van der Waals surface area (Å²) in [6.07, 6.45) is 0.698. The number of benzene rings is 1. The first-order valence-corrected chi connectivity index (χ1v) is 8.01. The van der Waals surface area contributed by atoms with E-state index in [1.54, 1.807) is 0 Å². The number of hydrogen-bond donors (Lipinski definition) is 1. The molecule has 2 N–H and O–H groups in total. The Kier molecular flexibility index (Phi) is 4.45. The SMILES string of the molecule is CC1CN(c2ccc(S(N)(=O)=O)cc2[N+](=O)[O-])CCCO1. The lowest BCUT2D eigenvalue weighted by Crippen LogP contribution is -2.30. The van der Waals surface area contributed by atoms with E-state index in [1.807, 2.05) is 11.8 Å². The summed E-state index contributed by atoms with van der Waals surface area (Å²) < 4.78 is 28.2. The zero-order valence-electron chi connectivity index (χ0n) is 11.6. The first kappa shape index (κ1) is 15.7. The molecule has 0 amide bonds. The van der Waals surface area contributed by atoms with Crippen molar-refractivity contribution in [1.29, 1.82) is 0 Å². The van der Waals surface area contributed by atoms with Gasteiger partial charge in [-0.2, -0.15) is 0 Å². The van der Waals surface area contributed by atoms with Gasteiger partial charge in [0.25, 0.3) is 5.69 Å². The van der Waals surface area contributed by atoms with Gasteiger partial charge in [0, 0.05) is 25.8 Å². The van der Waals surface area contributed by atoms with Crippen LogP contribution in [0, 0.1) is 10.1 Å². The van der Waals surface area contributed by atoms with Crippen LogP contribution in [0.2, 0.25) is 0 Å². The van der Waals surface area contributed by atoms with Crippen LogP contribution in [-0.4, -0.2) is 39.1 Å². The van der Waals surface area contributed by atoms with Gasteiger partial charge in [0.1, 0.15) is 5.69 Å². The molecule has 1 heterocycles. The van der Waals surface area contributed by atoms with Crippen molar-refractivity contribution in [3.8, 4) is 0 Å². The highest BCUT2D eigenvalue weighted by molar-refractivity contribution is 7.89. The number of primary sulfonamides is 1. The third kappa shape index (κ3) is 3.69. The Hall–Kier alpha value is -1.71. The highest BCUT2D eigenvalue weighted by Gasteiger charge is 2.25. The molecule has 2 rings (SSSR count). The van der Waals surface area contributed by atoms with Crippen molar-refractivity contribution in [3.63, 3.8) is 0 Å². The van der Waals surface area contributed by atoms with E-state index >= 15 is 0 Å². The van der Waals surface area contributed by atoms with Gasteiger partial charge in [0.05, 0.1) is 15.9 Å². The fourth-order valence-electron chi connectivity index (χ4n) is 2.31. The predicted molar refractivity (Wildman–Crippen MR) is 76.7 cm³/mol. The van der Waals surface area contributed by atoms with Crippen LogP contribution in [0.5, 0.6) is 0 Å². The Bertz CT molecular complexity index is 646. The molecule has 0 bridgehead atoms. The number of rotatable bonds is 3. The smallest absolute Gasteiger partial charge is 0.293 e. The van der Waals surface area contributed by atoms with Crippen molar-refractivity contribution in [1.82, 2.24) is 0 Å². The van der Waals surface area contributed by atoms with Crippen molar-refractivity contribution in [3.05, 3.63) is 28.3 Å². The molecule has 0 aliphatic carbocycles. The van der Waals surface area contributed by atoms with Gasteiger partial charge < -0.3 is 9.64 Å². The topological polar surface area (TPSA) is 116 Å². The average Bonchev–Trinajstić information content (AvgIpc) is 2.61. The van der Waals surface area contributed by atoms with E-state index in [-0.39, 0.29) is 16.7 Å². The van der Waals surface area contributed by atoms with Crippen LogP contribution in [0.4, 0.5) is 11.4 Å². The summed E-state index contributed by atoms with van der Waals surface area (Å²) >= 11 is 0. The fraction of sp³-hybridized carbons (Fsp3) is 0.500. The molecule has 8 nitrogen and oxygen atoms in total. The second-order valence-electron chi connectivity index (χ2n) is 4.93. The highest BCUT2D eigenvalue weighted by Crippen LogP contribution is 2.31. The van der Waals surface area contributed by atoms with Gasteiger partial charge in [-0.25, -0.2) is 13.6 Å². The van der Waals surface area contributed by atoms with Gasteiger partial charge in [-0.1, -0.05) is 0 Å². The molecule has 0 radical (unpaired) electrons. The molecule has 1 fully saturated rings. The maximum atomic E-state index is 11.3. The lowest BCUT2D eigenvalue weighted by molar-refractivity contribution is -0.384. The lowest BCUT2D eigenvalue weighted by Gasteiger charge is -2.24. The van der Waals surface area contributed by atoms with Crippen LogP contribution in [-0.2, 0) is 14.8 Å². The van der Waals surface area contributed by atoms with E-state index in [9.17, 15) is 18.5 Å². The molecule has 0 spiro atoms. The number of nitro groups is 1. The molecular formula is C12H17N3O5S. The second-order valence-corrected chi connectivity index (χ2v) is 6.50. The largest absolute Gasteiger partial charge is 0.377 e. The summed E-state index contributed by atoms with van der Waals surface area (Å²) in [4.78, 5) is 12.2. The Balaban J connectivity index is 2.45. The van der Waals surface area contributed by atoms with Crippen LogP contribution in [0.25, 0.3) is 0 Å². The second kappa shape index (κ2) is 5.96. The zero-order valence-corrected chi connectivity index (χ0v) is 12.4. The Morgan fingerprint density at radius 1 is 1.48 bits per heavy atom. The molecule has 1 aliphatic rings. The quantitative estimate of drug-likeness (QED) is 0.653. The highest BCUT2D eigenvalue weighted by atomic mass is 32.2. The van der Waals surface area contributed by atoms with Gasteiger partial charge in [-0.05, 0) is 25.5 Å². The lowest BCUT2D eigenvalue weighted by atomic mass is 10.2. The van der Waals surface area contributed by atoms with E-state index in [2.05, 4.69) is 0 Å². The van der Waals surface area contributed by atoms with E-state index in [0.717, 1.165) is 12.5 Å². The summed E-state index contributed by atoms with van der Waals surface area (Å²) in [5.74, 6) is 0. The Labute approximate surface area is 122 Å². The molecule has 1 atom stereocenters. The number of nitro benzene ring substituents is 1. The maximum Gasteiger partial charge on any atom is 0.293 e. The van der Waals surface area contributed by atoms with E-state index in [4.69, 9.17) is 9.88 Å². The zero-order chi connectivity index (χ0) is 15.6. The van der Waals surface area contributed by atoms with Crippen molar-refractivity contribution in [2.45, 2.75) is 24.3 Å².